The molecule has 1 saturated heterocycles. The Morgan fingerprint density at radius 2 is 1.94 bits per heavy atom. The van der Waals surface area contributed by atoms with Crippen LogP contribution in [0.1, 0.15) is 41.5 Å². The molecule has 9 heteroatoms. The third kappa shape index (κ3) is 4.00. The van der Waals surface area contributed by atoms with Gasteiger partial charge in [-0.1, -0.05) is 6.92 Å². The number of aromatic nitrogens is 4. The van der Waals surface area contributed by atoms with E-state index in [0.29, 0.717) is 17.2 Å². The molecule has 34 heavy (non-hydrogen) atoms. The number of carbonyl (C=O) groups excluding carboxylic acids is 1. The number of hydrogen-bond donors (Lipinski definition) is 2. The number of fused-ring (bicyclic) bond motifs is 2. The summed E-state index contributed by atoms with van der Waals surface area (Å²) in [6.45, 7) is 8.56. The van der Waals surface area contributed by atoms with Crippen molar-refractivity contribution >= 4 is 33.7 Å². The number of nitrogens with one attached hydrogen (secondary N) is 2. The maximum absolute atomic E-state index is 15.5. The molecule has 0 saturated carbocycles. The molecule has 0 unspecified atom stereocenters. The van der Waals surface area contributed by atoms with E-state index in [1.54, 1.807) is 11.7 Å². The lowest BCUT2D eigenvalue weighted by atomic mass is 10.0. The Hall–Kier alpha value is -3.46. The predicted molar refractivity (Wildman–Crippen MR) is 132 cm³/mol. The largest absolute Gasteiger partial charge is 0.371 e. The third-order valence-corrected chi connectivity index (χ3v) is 6.55. The molecule has 1 aromatic carbocycles. The molecule has 0 radical (unpaired) electrons. The molecule has 4 aromatic rings. The average Bonchev–Trinajstić information content (AvgIpc) is 3.36. The fourth-order valence-corrected chi connectivity index (χ4v) is 5.02. The first-order valence-corrected chi connectivity index (χ1v) is 11.8. The Morgan fingerprint density at radius 1 is 1.18 bits per heavy atom. The van der Waals surface area contributed by atoms with Gasteiger partial charge in [-0.15, -0.1) is 0 Å². The van der Waals surface area contributed by atoms with E-state index in [-0.39, 0.29) is 5.56 Å². The minimum absolute atomic E-state index is 0.0387. The summed E-state index contributed by atoms with van der Waals surface area (Å²) >= 11 is 0. The van der Waals surface area contributed by atoms with Gasteiger partial charge in [0.15, 0.2) is 0 Å². The predicted octanol–water partition coefficient (Wildman–Crippen LogP) is 3.81. The Bertz CT molecular complexity index is 1380. The van der Waals surface area contributed by atoms with Gasteiger partial charge in [0.25, 0.3) is 5.91 Å². The van der Waals surface area contributed by atoms with Crippen LogP contribution in [0.4, 0.5) is 15.8 Å². The molecule has 2 N–H and O–H groups in total. The first-order chi connectivity index (χ1) is 16.3. The number of anilines is 2. The molecule has 0 bridgehead atoms. The zero-order valence-corrected chi connectivity index (χ0v) is 20.0. The number of amides is 1. The van der Waals surface area contributed by atoms with Crippen LogP contribution in [-0.2, 0) is 7.05 Å². The van der Waals surface area contributed by atoms with Crippen LogP contribution in [-0.4, -0.2) is 50.7 Å². The van der Waals surface area contributed by atoms with Crippen LogP contribution in [0.2, 0.25) is 0 Å². The number of halogens is 1. The van der Waals surface area contributed by atoms with Crippen LogP contribution in [0.5, 0.6) is 0 Å². The molecule has 8 nitrogen and oxygen atoms in total. The highest BCUT2D eigenvalue weighted by atomic mass is 19.1. The number of aryl methyl sites for hydroxylation is 3. The number of piperidine rings is 1. The molecule has 3 aromatic heterocycles. The van der Waals surface area contributed by atoms with E-state index in [1.165, 1.54) is 6.07 Å². The molecule has 1 aliphatic heterocycles. The molecule has 5 rings (SSSR count). The quantitative estimate of drug-likeness (QED) is 0.471. The standard InChI is InChI=1S/C25H30FN7O/c1-5-27-17-6-8-32(9-7-17)22-11-20(26)23(24-19(22)14-31(4)30-24)25(34)29-18-10-21-16(3)28-15(2)12-33(21)13-18/h10-14,17,27H,5-9H2,1-4H3,(H,29,34). The maximum Gasteiger partial charge on any atom is 0.260 e. The van der Waals surface area contributed by atoms with Gasteiger partial charge in [0, 0.05) is 50.2 Å². The molecule has 1 aliphatic rings. The van der Waals surface area contributed by atoms with Crippen molar-refractivity contribution in [2.75, 3.05) is 29.9 Å². The lowest BCUT2D eigenvalue weighted by Crippen LogP contribution is -2.42. The van der Waals surface area contributed by atoms with Gasteiger partial charge in [0.05, 0.1) is 28.3 Å². The van der Waals surface area contributed by atoms with Crippen molar-refractivity contribution in [3.8, 4) is 0 Å². The minimum Gasteiger partial charge on any atom is -0.371 e. The highest BCUT2D eigenvalue weighted by molar-refractivity contribution is 6.14. The summed E-state index contributed by atoms with van der Waals surface area (Å²) in [5, 5.41) is 11.6. The highest BCUT2D eigenvalue weighted by Crippen LogP contribution is 2.33. The number of nitrogens with zero attached hydrogens (tertiary/aromatic N) is 5. The van der Waals surface area contributed by atoms with Crippen molar-refractivity contribution in [1.82, 2.24) is 24.5 Å². The first kappa shape index (κ1) is 22.3. The van der Waals surface area contributed by atoms with Crippen molar-refractivity contribution in [2.24, 2.45) is 7.05 Å². The van der Waals surface area contributed by atoms with Crippen molar-refractivity contribution in [3.05, 3.63) is 53.5 Å². The normalized spacial score (nSPS) is 14.9. The van der Waals surface area contributed by atoms with E-state index >= 15 is 4.39 Å². The Morgan fingerprint density at radius 3 is 2.68 bits per heavy atom. The molecule has 1 fully saturated rings. The smallest absolute Gasteiger partial charge is 0.260 e. The van der Waals surface area contributed by atoms with E-state index in [1.807, 2.05) is 42.9 Å². The van der Waals surface area contributed by atoms with Crippen LogP contribution in [0, 0.1) is 19.7 Å². The van der Waals surface area contributed by atoms with E-state index in [0.717, 1.165) is 60.5 Å². The first-order valence-electron chi connectivity index (χ1n) is 11.8. The van der Waals surface area contributed by atoms with Gasteiger partial charge in [-0.25, -0.2) is 4.39 Å². The number of hydrogen-bond acceptors (Lipinski definition) is 5. The molecule has 0 spiro atoms. The minimum atomic E-state index is -0.565. The van der Waals surface area contributed by atoms with Crippen LogP contribution in [0.3, 0.4) is 0 Å². The number of rotatable bonds is 5. The number of carbonyl (C=O) groups is 1. The second-order valence-electron chi connectivity index (χ2n) is 9.08. The van der Waals surface area contributed by atoms with Crippen molar-refractivity contribution < 1.29 is 9.18 Å². The number of benzene rings is 1. The van der Waals surface area contributed by atoms with Gasteiger partial charge in [-0.3, -0.25) is 14.5 Å². The van der Waals surface area contributed by atoms with Gasteiger partial charge >= 0.3 is 0 Å². The molecule has 0 atom stereocenters. The lowest BCUT2D eigenvalue weighted by Gasteiger charge is -2.34. The zero-order valence-electron chi connectivity index (χ0n) is 20.0. The second-order valence-corrected chi connectivity index (χ2v) is 9.08. The van der Waals surface area contributed by atoms with Crippen LogP contribution < -0.4 is 15.5 Å². The topological polar surface area (TPSA) is 79.5 Å². The van der Waals surface area contributed by atoms with Crippen molar-refractivity contribution in [2.45, 2.75) is 39.7 Å². The summed E-state index contributed by atoms with van der Waals surface area (Å²) in [6, 6.07) is 3.82. The molecular weight excluding hydrogens is 433 g/mol. The fraction of sp³-hybridized carbons (Fsp3) is 0.400. The summed E-state index contributed by atoms with van der Waals surface area (Å²) < 4.78 is 19.0. The molecule has 178 valence electrons. The summed E-state index contributed by atoms with van der Waals surface area (Å²) in [5.41, 5.74) is 4.34. The van der Waals surface area contributed by atoms with Gasteiger partial charge in [0.1, 0.15) is 16.9 Å². The molecule has 4 heterocycles. The van der Waals surface area contributed by atoms with Crippen LogP contribution in [0.25, 0.3) is 16.4 Å². The average molecular weight is 464 g/mol. The monoisotopic (exact) mass is 463 g/mol. The van der Waals surface area contributed by atoms with Crippen LogP contribution in [0.15, 0.2) is 30.7 Å². The molecule has 0 aliphatic carbocycles. The zero-order chi connectivity index (χ0) is 24.0. The van der Waals surface area contributed by atoms with E-state index in [4.69, 9.17) is 0 Å². The van der Waals surface area contributed by atoms with E-state index in [9.17, 15) is 4.79 Å². The SMILES string of the molecule is CCNC1CCN(c2cc(F)c(C(=O)Nc3cc4c(C)nc(C)cn4c3)c3nn(C)cc23)CC1. The van der Waals surface area contributed by atoms with Crippen molar-refractivity contribution in [3.63, 3.8) is 0 Å². The fourth-order valence-electron chi connectivity index (χ4n) is 5.02. The van der Waals surface area contributed by atoms with Crippen molar-refractivity contribution in [1.29, 1.82) is 0 Å². The third-order valence-electron chi connectivity index (χ3n) is 6.55. The van der Waals surface area contributed by atoms with Gasteiger partial charge in [-0.05, 0) is 45.4 Å². The Balaban J connectivity index is 1.47. The maximum atomic E-state index is 15.5. The van der Waals surface area contributed by atoms with Gasteiger partial charge < -0.3 is 19.9 Å². The van der Waals surface area contributed by atoms with Gasteiger partial charge in [0.2, 0.25) is 0 Å². The van der Waals surface area contributed by atoms with E-state index in [2.05, 4.69) is 32.5 Å². The summed E-state index contributed by atoms with van der Waals surface area (Å²) in [7, 11) is 1.79. The van der Waals surface area contributed by atoms with Crippen LogP contribution >= 0.6 is 0 Å². The summed E-state index contributed by atoms with van der Waals surface area (Å²) in [4.78, 5) is 19.9. The Kier molecular flexibility index (Phi) is 5.73. The summed E-state index contributed by atoms with van der Waals surface area (Å²) in [5.74, 6) is -1.08. The Labute approximate surface area is 197 Å². The molecule has 1 amide bonds. The van der Waals surface area contributed by atoms with Gasteiger partial charge in [-0.2, -0.15) is 5.10 Å². The lowest BCUT2D eigenvalue weighted by molar-refractivity contribution is 0.102. The second kappa shape index (κ2) is 8.72. The molecular formula is C25H30FN7O. The van der Waals surface area contributed by atoms with E-state index < -0.39 is 11.7 Å². The summed E-state index contributed by atoms with van der Waals surface area (Å²) in [6.07, 6.45) is 7.56. The highest BCUT2D eigenvalue weighted by Gasteiger charge is 2.26.